The van der Waals surface area contributed by atoms with Crippen LogP contribution in [0.4, 0.5) is 13.2 Å². The highest BCUT2D eigenvalue weighted by Crippen LogP contribution is 2.26. The molecule has 0 saturated heterocycles. The van der Waals surface area contributed by atoms with Crippen molar-refractivity contribution in [2.75, 3.05) is 0 Å². The van der Waals surface area contributed by atoms with Crippen molar-refractivity contribution in [3.63, 3.8) is 0 Å². The Kier molecular flexibility index (Phi) is 4.56. The van der Waals surface area contributed by atoms with Crippen molar-refractivity contribution >= 4 is 10.1 Å². The molecule has 0 aromatic heterocycles. The van der Waals surface area contributed by atoms with Gasteiger partial charge in [0.25, 0.3) is 0 Å². The van der Waals surface area contributed by atoms with Crippen LogP contribution in [0.15, 0.2) is 24.0 Å². The van der Waals surface area contributed by atoms with Crippen molar-refractivity contribution in [3.05, 3.63) is 24.0 Å². The summed E-state index contributed by atoms with van der Waals surface area (Å²) in [6.07, 6.45) is -0.0255. The summed E-state index contributed by atoms with van der Waals surface area (Å²) in [4.78, 5) is 0. The van der Waals surface area contributed by atoms with Crippen LogP contribution < -0.4 is 0 Å². The Labute approximate surface area is 91.2 Å². The summed E-state index contributed by atoms with van der Waals surface area (Å²) in [5, 5.41) is 8.99. The number of halogens is 3. The molecular weight excluding hydrogens is 249 g/mol. The zero-order chi connectivity index (χ0) is 13.1. The number of alkyl halides is 3. The van der Waals surface area contributed by atoms with E-state index >= 15 is 0 Å². The first-order chi connectivity index (χ1) is 6.97. The Bertz CT molecular complexity index is 392. The minimum atomic E-state index is -5.69. The molecule has 0 radical (unpaired) electrons. The van der Waals surface area contributed by atoms with Gasteiger partial charge in [-0.25, -0.2) is 0 Å². The quantitative estimate of drug-likeness (QED) is 0.361. The Morgan fingerprint density at radius 2 is 1.94 bits per heavy atom. The maximum atomic E-state index is 11.9. The molecule has 0 aliphatic rings. The predicted molar refractivity (Wildman–Crippen MR) is 50.6 cm³/mol. The highest BCUT2D eigenvalue weighted by molar-refractivity contribution is 7.87. The van der Waals surface area contributed by atoms with Crippen LogP contribution in [-0.4, -0.2) is 25.1 Å². The fourth-order valence-corrected chi connectivity index (χ4v) is 1.01. The fourth-order valence-electron chi connectivity index (χ4n) is 0.587. The van der Waals surface area contributed by atoms with Crippen LogP contribution in [0, 0.1) is 0 Å². The van der Waals surface area contributed by atoms with Crippen LogP contribution in [0.2, 0.25) is 0 Å². The molecule has 94 valence electrons. The van der Waals surface area contributed by atoms with Crippen molar-refractivity contribution in [3.8, 4) is 0 Å². The van der Waals surface area contributed by atoms with E-state index < -0.39 is 27.5 Å². The normalized spacial score (nSPS) is 15.8. The van der Waals surface area contributed by atoms with Gasteiger partial charge in [-0.15, -0.1) is 0 Å². The number of rotatable bonds is 4. The zero-order valence-corrected chi connectivity index (χ0v) is 9.39. The molecule has 4 nitrogen and oxygen atoms in total. The van der Waals surface area contributed by atoms with E-state index in [9.17, 15) is 21.6 Å². The Morgan fingerprint density at radius 3 is 2.25 bits per heavy atom. The molecule has 0 fully saturated rings. The SMILES string of the molecule is C=C(/C=C(\C)[C@@H](C)O)OS(=O)(=O)C(F)(F)F. The Balaban J connectivity index is 4.80. The van der Waals surface area contributed by atoms with Gasteiger partial charge in [0, 0.05) is 0 Å². The van der Waals surface area contributed by atoms with Gasteiger partial charge in [0.1, 0.15) is 5.76 Å². The summed E-state index contributed by atoms with van der Waals surface area (Å²) in [7, 11) is -5.69. The summed E-state index contributed by atoms with van der Waals surface area (Å²) in [5.41, 5.74) is -5.27. The highest BCUT2D eigenvalue weighted by Gasteiger charge is 2.48. The van der Waals surface area contributed by atoms with Crippen LogP contribution in [-0.2, 0) is 14.3 Å². The van der Waals surface area contributed by atoms with E-state index in [-0.39, 0.29) is 5.57 Å². The minimum Gasteiger partial charge on any atom is -0.389 e. The zero-order valence-electron chi connectivity index (χ0n) is 8.58. The summed E-state index contributed by atoms with van der Waals surface area (Å²) < 4.78 is 60.3. The van der Waals surface area contributed by atoms with E-state index in [4.69, 9.17) is 5.11 Å². The van der Waals surface area contributed by atoms with Crippen LogP contribution >= 0.6 is 0 Å². The van der Waals surface area contributed by atoms with E-state index in [1.165, 1.54) is 13.8 Å². The first-order valence-electron chi connectivity index (χ1n) is 4.03. The summed E-state index contributed by atoms with van der Waals surface area (Å²) in [6.45, 7) is 5.73. The third-order valence-corrected chi connectivity index (χ3v) is 2.55. The number of hydrogen-bond donors (Lipinski definition) is 1. The van der Waals surface area contributed by atoms with Gasteiger partial charge in [0.2, 0.25) is 0 Å². The molecule has 0 spiro atoms. The van der Waals surface area contributed by atoms with Gasteiger partial charge >= 0.3 is 15.6 Å². The molecule has 16 heavy (non-hydrogen) atoms. The largest absolute Gasteiger partial charge is 0.534 e. The third kappa shape index (κ3) is 4.23. The second-order valence-corrected chi connectivity index (χ2v) is 4.55. The molecular formula is C8H11F3O4S. The average Bonchev–Trinajstić information content (AvgIpc) is 1.99. The second-order valence-electron chi connectivity index (χ2n) is 3.01. The predicted octanol–water partition coefficient (Wildman–Crippen LogP) is 1.69. The lowest BCUT2D eigenvalue weighted by molar-refractivity contribution is -0.0519. The fraction of sp³-hybridized carbons (Fsp3) is 0.500. The third-order valence-electron chi connectivity index (χ3n) is 1.55. The molecule has 0 heterocycles. The van der Waals surface area contributed by atoms with Crippen LogP contribution in [0.25, 0.3) is 0 Å². The molecule has 0 aromatic rings. The number of aliphatic hydroxyl groups excluding tert-OH is 1. The van der Waals surface area contributed by atoms with Crippen molar-refractivity contribution in [2.24, 2.45) is 0 Å². The summed E-state index contributed by atoms with van der Waals surface area (Å²) in [6, 6.07) is 0. The molecule has 8 heteroatoms. The van der Waals surface area contributed by atoms with Gasteiger partial charge < -0.3 is 9.29 Å². The first-order valence-corrected chi connectivity index (χ1v) is 5.44. The minimum absolute atomic E-state index is 0.224. The summed E-state index contributed by atoms with van der Waals surface area (Å²) in [5.74, 6) is -0.712. The van der Waals surface area contributed by atoms with Crippen LogP contribution in [0.1, 0.15) is 13.8 Å². The first kappa shape index (κ1) is 15.0. The molecule has 0 bridgehead atoms. The van der Waals surface area contributed by atoms with E-state index in [1.54, 1.807) is 0 Å². The van der Waals surface area contributed by atoms with Crippen LogP contribution in [0.5, 0.6) is 0 Å². The Morgan fingerprint density at radius 1 is 1.50 bits per heavy atom. The molecule has 0 rings (SSSR count). The standard InChI is InChI=1S/C8H11F3O4S/c1-5(7(3)12)4-6(2)15-16(13,14)8(9,10)11/h4,7,12H,2H2,1,3H3/b5-4+/t7-/m1/s1. The van der Waals surface area contributed by atoms with E-state index in [1.807, 2.05) is 0 Å². The van der Waals surface area contributed by atoms with Gasteiger partial charge in [0.05, 0.1) is 6.10 Å². The van der Waals surface area contributed by atoms with Gasteiger partial charge in [-0.3, -0.25) is 0 Å². The lowest BCUT2D eigenvalue weighted by Gasteiger charge is -2.10. The van der Waals surface area contributed by atoms with Crippen LogP contribution in [0.3, 0.4) is 0 Å². The molecule has 1 N–H and O–H groups in total. The van der Waals surface area contributed by atoms with Gasteiger partial charge in [0.15, 0.2) is 0 Å². The Hall–Kier alpha value is -1.02. The molecule has 0 aliphatic heterocycles. The van der Waals surface area contributed by atoms with E-state index in [0.29, 0.717) is 0 Å². The van der Waals surface area contributed by atoms with Crippen molar-refractivity contribution in [2.45, 2.75) is 25.5 Å². The molecule has 0 aliphatic carbocycles. The highest BCUT2D eigenvalue weighted by atomic mass is 32.2. The maximum absolute atomic E-state index is 11.9. The van der Waals surface area contributed by atoms with Gasteiger partial charge in [-0.1, -0.05) is 6.58 Å². The molecule has 0 aromatic carbocycles. The van der Waals surface area contributed by atoms with Gasteiger partial charge in [-0.05, 0) is 25.5 Å². The number of hydrogen-bond acceptors (Lipinski definition) is 4. The molecule has 0 unspecified atom stereocenters. The number of aliphatic hydroxyl groups is 1. The lowest BCUT2D eigenvalue weighted by atomic mass is 10.2. The number of allylic oxidation sites excluding steroid dienone is 1. The molecule has 0 saturated carbocycles. The smallest absolute Gasteiger partial charge is 0.389 e. The molecule has 0 amide bonds. The van der Waals surface area contributed by atoms with E-state index in [2.05, 4.69) is 10.8 Å². The van der Waals surface area contributed by atoms with Crippen molar-refractivity contribution < 1.29 is 30.9 Å². The second kappa shape index (κ2) is 4.88. The average molecular weight is 260 g/mol. The molecule has 1 atom stereocenters. The van der Waals surface area contributed by atoms with Crippen molar-refractivity contribution in [1.29, 1.82) is 0 Å². The monoisotopic (exact) mass is 260 g/mol. The van der Waals surface area contributed by atoms with E-state index in [0.717, 1.165) is 6.08 Å². The van der Waals surface area contributed by atoms with Gasteiger partial charge in [-0.2, -0.15) is 21.6 Å². The topological polar surface area (TPSA) is 63.6 Å². The summed E-state index contributed by atoms with van der Waals surface area (Å²) >= 11 is 0. The maximum Gasteiger partial charge on any atom is 0.534 e. The van der Waals surface area contributed by atoms with Crippen molar-refractivity contribution in [1.82, 2.24) is 0 Å². The lowest BCUT2D eigenvalue weighted by Crippen LogP contribution is -2.25.